The lowest BCUT2D eigenvalue weighted by Gasteiger charge is -2.44. The molecule has 2 fully saturated rings. The van der Waals surface area contributed by atoms with Gasteiger partial charge in [0.05, 0.1) is 24.9 Å². The molecule has 5 N–H and O–H groups in total. The highest BCUT2D eigenvalue weighted by Gasteiger charge is 2.45. The van der Waals surface area contributed by atoms with Crippen molar-refractivity contribution in [3.05, 3.63) is 58.6 Å². The summed E-state index contributed by atoms with van der Waals surface area (Å²) in [5, 5.41) is 38.6. The van der Waals surface area contributed by atoms with E-state index in [4.69, 9.17) is 21.4 Å². The highest BCUT2D eigenvalue weighted by molar-refractivity contribution is 6.33. The van der Waals surface area contributed by atoms with E-state index >= 15 is 0 Å². The van der Waals surface area contributed by atoms with Crippen LogP contribution in [0.5, 0.6) is 0 Å². The molecule has 0 spiro atoms. The maximum Gasteiger partial charge on any atom is 0.406 e. The van der Waals surface area contributed by atoms with Gasteiger partial charge in [-0.3, -0.25) is 4.79 Å². The van der Waals surface area contributed by atoms with Crippen LogP contribution in [0, 0.1) is 11.8 Å². The minimum atomic E-state index is -1.35. The summed E-state index contributed by atoms with van der Waals surface area (Å²) in [4.78, 5) is 27.3. The number of ether oxygens (including phenoxy) is 1. The van der Waals surface area contributed by atoms with Crippen molar-refractivity contribution in [3.8, 4) is 11.1 Å². The Labute approximate surface area is 259 Å². The number of alkyl carbamates (subject to hydrolysis) is 1. The quantitative estimate of drug-likeness (QED) is 0.229. The van der Waals surface area contributed by atoms with Crippen LogP contribution in [0.2, 0.25) is 5.02 Å². The minimum Gasteiger partial charge on any atom is -0.450 e. The molecular formula is C33H46ClN3O6. The van der Waals surface area contributed by atoms with Crippen LogP contribution in [0.1, 0.15) is 56.6 Å². The third kappa shape index (κ3) is 7.88. The Balaban J connectivity index is 1.64. The molecule has 2 amide bonds. The number of likely N-dealkylation sites (tertiary alicyclic amines) is 1. The molecule has 2 aromatic carbocycles. The molecule has 9 nitrogen and oxygen atoms in total. The van der Waals surface area contributed by atoms with Gasteiger partial charge in [0.2, 0.25) is 5.91 Å². The van der Waals surface area contributed by atoms with Gasteiger partial charge in [0.25, 0.3) is 0 Å². The number of nitrogens with zero attached hydrogens (tertiary/aromatic N) is 1. The molecular weight excluding hydrogens is 570 g/mol. The Hall–Kier alpha value is -2.69. The zero-order valence-corrected chi connectivity index (χ0v) is 26.0. The summed E-state index contributed by atoms with van der Waals surface area (Å²) in [7, 11) is 1.50. The molecule has 0 bridgehead atoms. The third-order valence-electron chi connectivity index (χ3n) is 9.05. The summed E-state index contributed by atoms with van der Waals surface area (Å²) >= 11 is 6.86. The van der Waals surface area contributed by atoms with Gasteiger partial charge < -0.3 is 35.6 Å². The fraction of sp³-hybridized carbons (Fsp3) is 0.576. The molecule has 1 heterocycles. The lowest BCUT2D eigenvalue weighted by molar-refractivity contribution is -0.141. The van der Waals surface area contributed by atoms with Crippen molar-refractivity contribution in [2.24, 2.45) is 11.8 Å². The van der Waals surface area contributed by atoms with Gasteiger partial charge in [0, 0.05) is 55.1 Å². The Morgan fingerprint density at radius 2 is 1.98 bits per heavy atom. The standard InChI is InChI=1S/C33H46ClN3O6/c1-3-22-8-4-9-23(18-22)30-26(11-5-12-27(30)34)33(42,13-7-17-43-32(41)35-2)25-10-6-15-37(21-25)31(40)24-19-28(29(39)20-24)36-14-16-38/h4-5,8-9,11-12,18,24-25,28-29,36,38-39,42H,3,6-7,10,13-17,19-21H2,1-2H3,(H,35,41)/t24-,25?,28+,29+,33-/m0/s1. The second-order valence-electron chi connectivity index (χ2n) is 11.8. The number of carbonyl (C=O) groups is 2. The smallest absolute Gasteiger partial charge is 0.406 e. The van der Waals surface area contributed by atoms with Crippen molar-refractivity contribution >= 4 is 23.6 Å². The Kier molecular flexibility index (Phi) is 11.9. The zero-order chi connectivity index (χ0) is 31.0. The summed E-state index contributed by atoms with van der Waals surface area (Å²) in [6.07, 6.45) is 2.75. The van der Waals surface area contributed by atoms with E-state index in [0.717, 1.165) is 29.5 Å². The summed E-state index contributed by atoms with van der Waals surface area (Å²) in [5.74, 6) is -0.617. The van der Waals surface area contributed by atoms with Crippen LogP contribution < -0.4 is 10.6 Å². The number of rotatable bonds is 12. The molecule has 4 rings (SSSR count). The number of aliphatic hydroxyl groups is 3. The molecule has 236 valence electrons. The topological polar surface area (TPSA) is 131 Å². The SMILES string of the molecule is CCc1cccc(-c2c(Cl)cccc2[C@](O)(CCCOC(=O)NC)C2CCCN(C(=O)[C@@H]3C[C@@H](O)[C@H](NCCO)C3)C2)c1. The van der Waals surface area contributed by atoms with Gasteiger partial charge in [-0.1, -0.05) is 54.9 Å². The number of halogens is 1. The van der Waals surface area contributed by atoms with Crippen LogP contribution in [-0.4, -0.2) is 84.3 Å². The van der Waals surface area contributed by atoms with Crippen molar-refractivity contribution in [2.45, 2.75) is 69.6 Å². The first kappa shape index (κ1) is 33.2. The van der Waals surface area contributed by atoms with Crippen molar-refractivity contribution in [1.29, 1.82) is 0 Å². The number of benzene rings is 2. The number of carbonyl (C=O) groups excluding carboxylic acids is 2. The molecule has 1 saturated carbocycles. The van der Waals surface area contributed by atoms with Gasteiger partial charge in [-0.05, 0) is 67.7 Å². The number of amides is 2. The highest BCUT2D eigenvalue weighted by Crippen LogP contribution is 2.46. The van der Waals surface area contributed by atoms with Gasteiger partial charge in [-0.2, -0.15) is 0 Å². The molecule has 2 aliphatic rings. The van der Waals surface area contributed by atoms with E-state index in [-0.39, 0.29) is 37.0 Å². The van der Waals surface area contributed by atoms with Crippen molar-refractivity contribution < 1.29 is 29.6 Å². The summed E-state index contributed by atoms with van der Waals surface area (Å²) in [6, 6.07) is 13.5. The molecule has 43 heavy (non-hydrogen) atoms. The van der Waals surface area contributed by atoms with E-state index in [9.17, 15) is 19.8 Å². The first-order valence-electron chi connectivity index (χ1n) is 15.5. The normalized spacial score (nSPS) is 23.5. The molecule has 0 aromatic heterocycles. The number of piperidine rings is 1. The molecule has 1 aliphatic heterocycles. The van der Waals surface area contributed by atoms with Gasteiger partial charge in [-0.15, -0.1) is 0 Å². The molecule has 1 unspecified atom stereocenters. The van der Waals surface area contributed by atoms with Crippen LogP contribution in [-0.2, 0) is 21.6 Å². The maximum atomic E-state index is 13.7. The number of aliphatic hydroxyl groups excluding tert-OH is 2. The van der Waals surface area contributed by atoms with E-state index in [1.165, 1.54) is 7.05 Å². The lowest BCUT2D eigenvalue weighted by atomic mass is 9.72. The third-order valence-corrected chi connectivity index (χ3v) is 9.36. The summed E-state index contributed by atoms with van der Waals surface area (Å²) in [6.45, 7) is 3.53. The Morgan fingerprint density at radius 3 is 2.72 bits per heavy atom. The average molecular weight is 616 g/mol. The van der Waals surface area contributed by atoms with Gasteiger partial charge in [-0.25, -0.2) is 4.79 Å². The summed E-state index contributed by atoms with van der Waals surface area (Å²) in [5.41, 5.74) is 2.20. The fourth-order valence-corrected chi connectivity index (χ4v) is 7.06. The predicted octanol–water partition coefficient (Wildman–Crippen LogP) is 3.85. The van der Waals surface area contributed by atoms with E-state index in [0.29, 0.717) is 62.3 Å². The Morgan fingerprint density at radius 1 is 1.19 bits per heavy atom. The highest BCUT2D eigenvalue weighted by atomic mass is 35.5. The largest absolute Gasteiger partial charge is 0.450 e. The van der Waals surface area contributed by atoms with Crippen molar-refractivity contribution in [2.75, 3.05) is 39.9 Å². The van der Waals surface area contributed by atoms with Gasteiger partial charge in [0.1, 0.15) is 0 Å². The molecule has 1 saturated heterocycles. The number of hydrogen-bond acceptors (Lipinski definition) is 7. The van der Waals surface area contributed by atoms with E-state index in [1.54, 1.807) is 0 Å². The monoisotopic (exact) mass is 615 g/mol. The molecule has 5 atom stereocenters. The molecule has 0 radical (unpaired) electrons. The number of hydrogen-bond donors (Lipinski definition) is 5. The average Bonchev–Trinajstić information content (AvgIpc) is 3.41. The fourth-order valence-electron chi connectivity index (χ4n) is 6.77. The van der Waals surface area contributed by atoms with Crippen molar-refractivity contribution in [3.63, 3.8) is 0 Å². The van der Waals surface area contributed by atoms with E-state index in [1.807, 2.05) is 35.2 Å². The second kappa shape index (κ2) is 15.3. The van der Waals surface area contributed by atoms with Crippen LogP contribution in [0.15, 0.2) is 42.5 Å². The minimum absolute atomic E-state index is 0.00990. The first-order valence-corrected chi connectivity index (χ1v) is 15.9. The lowest BCUT2D eigenvalue weighted by Crippen LogP contribution is -2.49. The van der Waals surface area contributed by atoms with E-state index < -0.39 is 17.8 Å². The number of aryl methyl sites for hydroxylation is 1. The maximum absolute atomic E-state index is 13.7. The zero-order valence-electron chi connectivity index (χ0n) is 25.2. The van der Waals surface area contributed by atoms with Crippen LogP contribution in [0.3, 0.4) is 0 Å². The van der Waals surface area contributed by atoms with E-state index in [2.05, 4.69) is 29.7 Å². The molecule has 2 aromatic rings. The number of nitrogens with one attached hydrogen (secondary N) is 2. The first-order chi connectivity index (χ1) is 20.7. The molecule has 10 heteroatoms. The van der Waals surface area contributed by atoms with Crippen LogP contribution in [0.25, 0.3) is 11.1 Å². The predicted molar refractivity (Wildman–Crippen MR) is 167 cm³/mol. The van der Waals surface area contributed by atoms with Crippen LogP contribution in [0.4, 0.5) is 4.79 Å². The Bertz CT molecular complexity index is 1240. The van der Waals surface area contributed by atoms with Crippen molar-refractivity contribution in [1.82, 2.24) is 15.5 Å². The van der Waals surface area contributed by atoms with Gasteiger partial charge >= 0.3 is 6.09 Å². The van der Waals surface area contributed by atoms with Gasteiger partial charge in [0.15, 0.2) is 0 Å². The molecule has 1 aliphatic carbocycles. The second-order valence-corrected chi connectivity index (χ2v) is 12.2. The van der Waals surface area contributed by atoms with Crippen LogP contribution >= 0.6 is 11.6 Å². The summed E-state index contributed by atoms with van der Waals surface area (Å²) < 4.78 is 5.26.